The smallest absolute Gasteiger partial charge is 0.338 e. The average molecular weight is 356 g/mol. The minimum atomic E-state index is -0.424. The van der Waals surface area contributed by atoms with Crippen molar-refractivity contribution in [3.8, 4) is 0 Å². The Labute approximate surface area is 156 Å². The first-order chi connectivity index (χ1) is 12.0. The van der Waals surface area contributed by atoms with E-state index in [0.717, 1.165) is 0 Å². The number of carbonyl (C=O) groups excluding carboxylic acids is 2. The fourth-order valence-corrected chi connectivity index (χ4v) is 1.82. The molecule has 140 valence electrons. The average Bonchev–Trinajstić information content (AvgIpc) is 2.54. The molecule has 2 aromatic rings. The third-order valence-electron chi connectivity index (χ3n) is 2.82. The molecule has 0 unspecified atom stereocenters. The molecule has 4 heteroatoms. The maximum atomic E-state index is 11.4. The molecule has 0 saturated carbocycles. The number of rotatable bonds is 2. The number of ether oxygens (including phenoxy) is 2. The monoisotopic (exact) mass is 356 g/mol. The summed E-state index contributed by atoms with van der Waals surface area (Å²) in [6, 6.07) is 18.0. The topological polar surface area (TPSA) is 52.6 Å². The van der Waals surface area contributed by atoms with Gasteiger partial charge in [0.05, 0.1) is 11.1 Å². The minimum absolute atomic E-state index is 0.270. The largest absolute Gasteiger partial charge is 0.456 e. The third kappa shape index (κ3) is 9.02. The molecule has 0 atom stereocenters. The lowest BCUT2D eigenvalue weighted by atomic mass is 10.2. The lowest BCUT2D eigenvalue weighted by Crippen LogP contribution is -2.23. The van der Waals surface area contributed by atoms with Crippen molar-refractivity contribution < 1.29 is 19.1 Å². The first-order valence-corrected chi connectivity index (χ1v) is 8.55. The van der Waals surface area contributed by atoms with Gasteiger partial charge in [0.1, 0.15) is 11.2 Å². The Kier molecular flexibility index (Phi) is 7.56. The summed E-state index contributed by atoms with van der Waals surface area (Å²) in [5.74, 6) is -0.541. The van der Waals surface area contributed by atoms with Crippen molar-refractivity contribution >= 4 is 11.9 Å². The molecule has 0 aliphatic carbocycles. The molecule has 0 bridgehead atoms. The molecule has 2 aromatic carbocycles. The Morgan fingerprint density at radius 2 is 0.846 bits per heavy atom. The van der Waals surface area contributed by atoms with E-state index in [1.807, 2.05) is 77.9 Å². The van der Waals surface area contributed by atoms with Gasteiger partial charge in [-0.25, -0.2) is 9.59 Å². The van der Waals surface area contributed by atoms with Crippen LogP contribution in [0.15, 0.2) is 60.7 Å². The minimum Gasteiger partial charge on any atom is -0.456 e. The van der Waals surface area contributed by atoms with E-state index in [4.69, 9.17) is 9.47 Å². The van der Waals surface area contributed by atoms with Crippen molar-refractivity contribution in [2.75, 3.05) is 0 Å². The first kappa shape index (κ1) is 21.4. The van der Waals surface area contributed by atoms with E-state index in [-0.39, 0.29) is 11.9 Å². The highest BCUT2D eigenvalue weighted by molar-refractivity contribution is 5.90. The highest BCUT2D eigenvalue weighted by Crippen LogP contribution is 2.12. The van der Waals surface area contributed by atoms with Crippen LogP contribution in [0.2, 0.25) is 0 Å². The van der Waals surface area contributed by atoms with Crippen molar-refractivity contribution in [2.45, 2.75) is 52.7 Å². The molecule has 26 heavy (non-hydrogen) atoms. The zero-order valence-electron chi connectivity index (χ0n) is 16.4. The summed E-state index contributed by atoms with van der Waals surface area (Å²) in [6.45, 7) is 11.1. The Bertz CT molecular complexity index is 629. The molecule has 0 amide bonds. The third-order valence-corrected chi connectivity index (χ3v) is 2.82. The summed E-state index contributed by atoms with van der Waals surface area (Å²) in [6.07, 6.45) is 0. The van der Waals surface area contributed by atoms with Gasteiger partial charge in [-0.05, 0) is 65.8 Å². The molecule has 0 N–H and O–H groups in total. The van der Waals surface area contributed by atoms with Gasteiger partial charge in [-0.15, -0.1) is 0 Å². The van der Waals surface area contributed by atoms with Crippen LogP contribution in [0, 0.1) is 0 Å². The lowest BCUT2D eigenvalue weighted by molar-refractivity contribution is 0.00570. The lowest BCUT2D eigenvalue weighted by Gasteiger charge is -2.19. The second-order valence-corrected chi connectivity index (χ2v) is 7.74. The van der Waals surface area contributed by atoms with Gasteiger partial charge in [-0.3, -0.25) is 0 Å². The number of hydrogen-bond acceptors (Lipinski definition) is 4. The summed E-state index contributed by atoms with van der Waals surface area (Å²) >= 11 is 0. The van der Waals surface area contributed by atoms with Gasteiger partial charge in [0.2, 0.25) is 0 Å². The number of carbonyl (C=O) groups is 2. The molecule has 0 fully saturated rings. The van der Waals surface area contributed by atoms with E-state index in [1.54, 1.807) is 24.3 Å². The van der Waals surface area contributed by atoms with Gasteiger partial charge in [0.25, 0.3) is 0 Å². The number of esters is 2. The van der Waals surface area contributed by atoms with Gasteiger partial charge in [-0.1, -0.05) is 36.4 Å². The van der Waals surface area contributed by atoms with Crippen LogP contribution in [-0.4, -0.2) is 23.1 Å². The van der Waals surface area contributed by atoms with Gasteiger partial charge in [0, 0.05) is 0 Å². The Balaban J connectivity index is 0.000000260. The second-order valence-electron chi connectivity index (χ2n) is 7.74. The molecule has 0 aliphatic heterocycles. The molecule has 0 spiro atoms. The van der Waals surface area contributed by atoms with Crippen LogP contribution in [0.1, 0.15) is 62.3 Å². The number of benzene rings is 2. The Morgan fingerprint density at radius 3 is 1.08 bits per heavy atom. The molecule has 2 rings (SSSR count). The molecular weight excluding hydrogens is 328 g/mol. The number of hydrogen-bond donors (Lipinski definition) is 0. The SMILES string of the molecule is CC(C)(C)OC(=O)c1ccccc1.CC(C)(C)OC(=O)c1ccccc1. The van der Waals surface area contributed by atoms with Crippen molar-refractivity contribution in [2.24, 2.45) is 0 Å². The van der Waals surface area contributed by atoms with Crippen LogP contribution in [0.4, 0.5) is 0 Å². The molecule has 0 radical (unpaired) electrons. The van der Waals surface area contributed by atoms with Crippen LogP contribution >= 0.6 is 0 Å². The van der Waals surface area contributed by atoms with E-state index in [0.29, 0.717) is 11.1 Å². The second kappa shape index (κ2) is 9.18. The van der Waals surface area contributed by atoms with Crippen LogP contribution < -0.4 is 0 Å². The van der Waals surface area contributed by atoms with Crippen LogP contribution in [-0.2, 0) is 9.47 Å². The van der Waals surface area contributed by atoms with Crippen molar-refractivity contribution in [1.29, 1.82) is 0 Å². The first-order valence-electron chi connectivity index (χ1n) is 8.55. The maximum Gasteiger partial charge on any atom is 0.338 e. The predicted octanol–water partition coefficient (Wildman–Crippen LogP) is 5.28. The normalized spacial score (nSPS) is 11.0. The van der Waals surface area contributed by atoms with Crippen LogP contribution in [0.25, 0.3) is 0 Å². The van der Waals surface area contributed by atoms with Crippen molar-refractivity contribution in [3.63, 3.8) is 0 Å². The van der Waals surface area contributed by atoms with E-state index >= 15 is 0 Å². The molecule has 0 saturated heterocycles. The molecule has 0 aliphatic rings. The fraction of sp³-hybridized carbons (Fsp3) is 0.364. The van der Waals surface area contributed by atoms with Gasteiger partial charge >= 0.3 is 11.9 Å². The predicted molar refractivity (Wildman–Crippen MR) is 103 cm³/mol. The fourth-order valence-electron chi connectivity index (χ4n) is 1.82. The zero-order valence-corrected chi connectivity index (χ0v) is 16.4. The van der Waals surface area contributed by atoms with Crippen LogP contribution in [0.3, 0.4) is 0 Å². The quantitative estimate of drug-likeness (QED) is 0.687. The molecule has 0 aromatic heterocycles. The van der Waals surface area contributed by atoms with Crippen molar-refractivity contribution in [1.82, 2.24) is 0 Å². The van der Waals surface area contributed by atoms with Gasteiger partial charge in [-0.2, -0.15) is 0 Å². The summed E-state index contributed by atoms with van der Waals surface area (Å²) in [5, 5.41) is 0. The van der Waals surface area contributed by atoms with Crippen LogP contribution in [0.5, 0.6) is 0 Å². The summed E-state index contributed by atoms with van der Waals surface area (Å²) in [7, 11) is 0. The summed E-state index contributed by atoms with van der Waals surface area (Å²) < 4.78 is 10.4. The van der Waals surface area contributed by atoms with E-state index < -0.39 is 11.2 Å². The zero-order chi connectivity index (χ0) is 19.8. The van der Waals surface area contributed by atoms with Gasteiger partial charge in [0.15, 0.2) is 0 Å². The van der Waals surface area contributed by atoms with E-state index in [1.165, 1.54) is 0 Å². The summed E-state index contributed by atoms with van der Waals surface area (Å²) in [5.41, 5.74) is 0.342. The van der Waals surface area contributed by atoms with Crippen molar-refractivity contribution in [3.05, 3.63) is 71.8 Å². The highest BCUT2D eigenvalue weighted by Gasteiger charge is 2.17. The Hall–Kier alpha value is -2.62. The molecule has 4 nitrogen and oxygen atoms in total. The molecular formula is C22H28O4. The highest BCUT2D eigenvalue weighted by atomic mass is 16.6. The maximum absolute atomic E-state index is 11.4. The van der Waals surface area contributed by atoms with E-state index in [9.17, 15) is 9.59 Å². The standard InChI is InChI=1S/2C11H14O2/c2*1-11(2,3)13-10(12)9-7-5-4-6-8-9/h2*4-8H,1-3H3. The summed E-state index contributed by atoms with van der Waals surface area (Å²) in [4.78, 5) is 22.9. The van der Waals surface area contributed by atoms with E-state index in [2.05, 4.69) is 0 Å². The van der Waals surface area contributed by atoms with Gasteiger partial charge < -0.3 is 9.47 Å². The molecule has 0 heterocycles. The Morgan fingerprint density at radius 1 is 0.577 bits per heavy atom.